The molecule has 0 bridgehead atoms. The van der Waals surface area contributed by atoms with Gasteiger partial charge in [-0.05, 0) is 35.4 Å². The number of rotatable bonds is 6. The smallest absolute Gasteiger partial charge is 0.251 e. The lowest BCUT2D eigenvalue weighted by atomic mass is 10.0. The van der Waals surface area contributed by atoms with E-state index < -0.39 is 0 Å². The first-order valence-electron chi connectivity index (χ1n) is 9.04. The van der Waals surface area contributed by atoms with Crippen molar-refractivity contribution in [3.8, 4) is 11.1 Å². The molecule has 3 rings (SSSR count). The summed E-state index contributed by atoms with van der Waals surface area (Å²) in [7, 11) is 4.05. The molecule has 4 heteroatoms. The molecule has 0 aliphatic rings. The molecule has 3 aromatic rings. The molecule has 0 aliphatic carbocycles. The van der Waals surface area contributed by atoms with E-state index in [9.17, 15) is 9.18 Å². The van der Waals surface area contributed by atoms with Crippen LogP contribution in [0.1, 0.15) is 22.0 Å². The third-order valence-electron chi connectivity index (χ3n) is 4.69. The lowest BCUT2D eigenvalue weighted by Gasteiger charge is -2.22. The van der Waals surface area contributed by atoms with Crippen LogP contribution >= 0.6 is 0 Å². The van der Waals surface area contributed by atoms with Gasteiger partial charge in [-0.2, -0.15) is 0 Å². The first-order valence-corrected chi connectivity index (χ1v) is 9.04. The van der Waals surface area contributed by atoms with Crippen molar-refractivity contribution in [3.63, 3.8) is 0 Å². The molecule has 0 aliphatic heterocycles. The molecule has 0 radical (unpaired) electrons. The highest BCUT2D eigenvalue weighted by atomic mass is 19.1. The average Bonchev–Trinajstić information content (AvgIpc) is 2.70. The maximum atomic E-state index is 13.2. The average molecular weight is 363 g/mol. The second-order valence-corrected chi connectivity index (χ2v) is 6.83. The first-order chi connectivity index (χ1) is 13.0. The van der Waals surface area contributed by atoms with Gasteiger partial charge in [0.1, 0.15) is 11.9 Å². The number of hydrogen-bond acceptors (Lipinski definition) is 1. The van der Waals surface area contributed by atoms with Crippen LogP contribution in [0.25, 0.3) is 11.1 Å². The summed E-state index contributed by atoms with van der Waals surface area (Å²) >= 11 is 0. The Morgan fingerprint density at radius 1 is 0.889 bits per heavy atom. The number of nitrogens with one attached hydrogen (secondary N) is 2. The van der Waals surface area contributed by atoms with Crippen LogP contribution in [0.15, 0.2) is 78.9 Å². The maximum Gasteiger partial charge on any atom is 0.251 e. The molecule has 2 N–H and O–H groups in total. The third kappa shape index (κ3) is 4.80. The minimum Gasteiger partial charge on any atom is -0.346 e. The molecule has 138 valence electrons. The van der Waals surface area contributed by atoms with E-state index in [1.54, 1.807) is 12.1 Å². The summed E-state index contributed by atoms with van der Waals surface area (Å²) in [6.07, 6.45) is 0. The molecule has 0 saturated heterocycles. The van der Waals surface area contributed by atoms with E-state index in [1.807, 2.05) is 68.7 Å². The van der Waals surface area contributed by atoms with Crippen LogP contribution in [0.3, 0.4) is 0 Å². The number of benzene rings is 3. The fourth-order valence-electron chi connectivity index (χ4n) is 3.09. The van der Waals surface area contributed by atoms with Crippen molar-refractivity contribution in [2.45, 2.75) is 6.04 Å². The molecule has 0 spiro atoms. The summed E-state index contributed by atoms with van der Waals surface area (Å²) in [5, 5.41) is 3.00. The predicted octanol–water partition coefficient (Wildman–Crippen LogP) is 3.11. The standard InChI is InChI=1S/C23H23FN2O/c1-26(2)22(19-12-14-21(24)15-13-19)16-25-23(27)20-10-8-18(9-11-20)17-6-4-3-5-7-17/h3-15,22H,16H2,1-2H3,(H,25,27)/p+1/t22-/m1/s1. The van der Waals surface area contributed by atoms with Gasteiger partial charge in [0, 0.05) is 11.1 Å². The van der Waals surface area contributed by atoms with Crippen LogP contribution in [0.2, 0.25) is 0 Å². The Balaban J connectivity index is 1.66. The van der Waals surface area contributed by atoms with E-state index in [-0.39, 0.29) is 17.8 Å². The lowest BCUT2D eigenvalue weighted by Crippen LogP contribution is -3.07. The summed E-state index contributed by atoms with van der Waals surface area (Å²) in [5.74, 6) is -0.364. The minimum atomic E-state index is -0.256. The van der Waals surface area contributed by atoms with Crippen molar-refractivity contribution in [2.75, 3.05) is 20.6 Å². The zero-order chi connectivity index (χ0) is 19.2. The predicted molar refractivity (Wildman–Crippen MR) is 106 cm³/mol. The lowest BCUT2D eigenvalue weighted by molar-refractivity contribution is -0.890. The van der Waals surface area contributed by atoms with Crippen molar-refractivity contribution in [1.82, 2.24) is 5.32 Å². The van der Waals surface area contributed by atoms with E-state index in [0.29, 0.717) is 12.1 Å². The maximum absolute atomic E-state index is 13.2. The SMILES string of the molecule is C[NH+](C)[C@H](CNC(=O)c1ccc(-c2ccccc2)cc1)c1ccc(F)cc1. The van der Waals surface area contributed by atoms with Crippen LogP contribution in [-0.4, -0.2) is 26.5 Å². The number of halogens is 1. The molecular formula is C23H24FN2O+. The zero-order valence-electron chi connectivity index (χ0n) is 15.6. The first kappa shape index (κ1) is 18.8. The topological polar surface area (TPSA) is 33.5 Å². The van der Waals surface area contributed by atoms with Crippen LogP contribution in [0, 0.1) is 5.82 Å². The van der Waals surface area contributed by atoms with E-state index in [1.165, 1.54) is 17.0 Å². The van der Waals surface area contributed by atoms with Crippen molar-refractivity contribution in [3.05, 3.63) is 95.8 Å². The van der Waals surface area contributed by atoms with Gasteiger partial charge in [-0.25, -0.2) is 4.39 Å². The Morgan fingerprint density at radius 2 is 1.48 bits per heavy atom. The van der Waals surface area contributed by atoms with E-state index >= 15 is 0 Å². The Kier molecular flexibility index (Phi) is 5.99. The second-order valence-electron chi connectivity index (χ2n) is 6.83. The zero-order valence-corrected chi connectivity index (χ0v) is 15.6. The molecule has 27 heavy (non-hydrogen) atoms. The molecule has 0 heterocycles. The number of likely N-dealkylation sites (N-methyl/N-ethyl adjacent to an activating group) is 1. The number of hydrogen-bond donors (Lipinski definition) is 2. The highest BCUT2D eigenvalue weighted by Crippen LogP contribution is 2.19. The Labute approximate surface area is 159 Å². The Bertz CT molecular complexity index is 875. The Hall–Kier alpha value is -2.98. The fraction of sp³-hybridized carbons (Fsp3) is 0.174. The monoisotopic (exact) mass is 363 g/mol. The highest BCUT2D eigenvalue weighted by molar-refractivity contribution is 5.94. The molecule has 1 atom stereocenters. The summed E-state index contributed by atoms with van der Waals surface area (Å²) in [4.78, 5) is 13.7. The van der Waals surface area contributed by atoms with Crippen LogP contribution < -0.4 is 10.2 Å². The highest BCUT2D eigenvalue weighted by Gasteiger charge is 2.19. The van der Waals surface area contributed by atoms with Gasteiger partial charge in [-0.3, -0.25) is 4.79 Å². The largest absolute Gasteiger partial charge is 0.346 e. The van der Waals surface area contributed by atoms with Crippen molar-refractivity contribution < 1.29 is 14.1 Å². The molecular weight excluding hydrogens is 339 g/mol. The number of carbonyl (C=O) groups excluding carboxylic acids is 1. The number of quaternary nitrogens is 1. The van der Waals surface area contributed by atoms with Crippen LogP contribution in [0.5, 0.6) is 0 Å². The van der Waals surface area contributed by atoms with Gasteiger partial charge < -0.3 is 10.2 Å². The number of carbonyl (C=O) groups is 1. The molecule has 0 unspecified atom stereocenters. The van der Waals surface area contributed by atoms with E-state index in [0.717, 1.165) is 16.7 Å². The summed E-state index contributed by atoms with van der Waals surface area (Å²) in [6, 6.07) is 24.2. The van der Waals surface area contributed by atoms with Crippen molar-refractivity contribution >= 4 is 5.91 Å². The van der Waals surface area contributed by atoms with Gasteiger partial charge in [0.15, 0.2) is 0 Å². The quantitative estimate of drug-likeness (QED) is 0.693. The second kappa shape index (κ2) is 8.60. The summed E-state index contributed by atoms with van der Waals surface area (Å²) in [5.41, 5.74) is 3.82. The summed E-state index contributed by atoms with van der Waals surface area (Å²) < 4.78 is 13.2. The van der Waals surface area contributed by atoms with Gasteiger partial charge in [0.25, 0.3) is 5.91 Å². The third-order valence-corrected chi connectivity index (χ3v) is 4.69. The molecule has 1 amide bonds. The molecule has 0 aromatic heterocycles. The molecule has 3 aromatic carbocycles. The molecule has 0 fully saturated rings. The normalized spacial score (nSPS) is 12.0. The van der Waals surface area contributed by atoms with Crippen molar-refractivity contribution in [1.29, 1.82) is 0 Å². The Morgan fingerprint density at radius 3 is 2.07 bits per heavy atom. The van der Waals surface area contributed by atoms with Crippen LogP contribution in [0.4, 0.5) is 4.39 Å². The van der Waals surface area contributed by atoms with Gasteiger partial charge in [-0.1, -0.05) is 54.6 Å². The van der Waals surface area contributed by atoms with Crippen LogP contribution in [-0.2, 0) is 0 Å². The number of amides is 1. The van der Waals surface area contributed by atoms with E-state index in [2.05, 4.69) is 5.32 Å². The molecule has 3 nitrogen and oxygen atoms in total. The minimum absolute atomic E-state index is 0.0538. The van der Waals surface area contributed by atoms with E-state index in [4.69, 9.17) is 0 Å². The van der Waals surface area contributed by atoms with Gasteiger partial charge in [-0.15, -0.1) is 0 Å². The van der Waals surface area contributed by atoms with Gasteiger partial charge >= 0.3 is 0 Å². The van der Waals surface area contributed by atoms with Gasteiger partial charge in [0.2, 0.25) is 0 Å². The fourth-order valence-corrected chi connectivity index (χ4v) is 3.09. The van der Waals surface area contributed by atoms with Gasteiger partial charge in [0.05, 0.1) is 20.6 Å². The molecule has 0 saturated carbocycles. The van der Waals surface area contributed by atoms with Crippen molar-refractivity contribution in [2.24, 2.45) is 0 Å². The summed E-state index contributed by atoms with van der Waals surface area (Å²) in [6.45, 7) is 0.479.